The number of fused-ring (bicyclic) bond motifs is 6. The number of halogens is 2. The van der Waals surface area contributed by atoms with Gasteiger partial charge in [0.25, 0.3) is 0 Å². The number of nitrogens with one attached hydrogen (secondary N) is 2. The van der Waals surface area contributed by atoms with Crippen LogP contribution in [-0.4, -0.2) is 167 Å². The first-order valence-electron chi connectivity index (χ1n) is 30.3. The van der Waals surface area contributed by atoms with Crippen molar-refractivity contribution < 1.29 is 37.4 Å². The Bertz CT molecular complexity index is 3530. The fraction of sp³-hybridized carbons (Fsp3) is 0.531. The van der Waals surface area contributed by atoms with Gasteiger partial charge in [-0.1, -0.05) is 25.3 Å². The third kappa shape index (κ3) is 10.1. The lowest BCUT2D eigenvalue weighted by molar-refractivity contribution is -0.129. The zero-order chi connectivity index (χ0) is 60.3. The molecule has 8 aliphatic rings. The maximum absolute atomic E-state index is 16.2. The number of piperazine rings is 2. The quantitative estimate of drug-likeness (QED) is 0.139. The molecule has 0 bridgehead atoms. The highest BCUT2D eigenvalue weighted by Gasteiger charge is 2.53. The first-order valence-corrected chi connectivity index (χ1v) is 30.3. The van der Waals surface area contributed by atoms with E-state index in [0.29, 0.717) is 117 Å². The molecule has 4 amide bonds. The van der Waals surface area contributed by atoms with Crippen LogP contribution in [0.4, 0.5) is 31.8 Å². The van der Waals surface area contributed by atoms with Gasteiger partial charge in [0.15, 0.2) is 11.6 Å². The van der Waals surface area contributed by atoms with E-state index < -0.39 is 22.9 Å². The number of likely N-dealkylation sites (N-methyl/N-ethyl adjacent to an activating group) is 2. The Labute approximate surface area is 500 Å². The number of rotatable bonds is 13. The minimum atomic E-state index is -1.10. The molecule has 8 atom stereocenters. The van der Waals surface area contributed by atoms with Crippen molar-refractivity contribution in [2.75, 3.05) is 100 Å². The number of ether oxygens (including phenoxy) is 2. The molecule has 2 aromatic heterocycles. The van der Waals surface area contributed by atoms with Crippen molar-refractivity contribution in [3.8, 4) is 24.2 Å². The molecule has 4 fully saturated rings. The van der Waals surface area contributed by atoms with Crippen molar-refractivity contribution in [1.82, 2.24) is 39.5 Å². The van der Waals surface area contributed by atoms with E-state index in [1.165, 1.54) is 24.3 Å². The largest absolute Gasteiger partial charge is 0.462 e. The van der Waals surface area contributed by atoms with Crippen LogP contribution >= 0.6 is 0 Å². The topological polar surface area (TPSA) is 229 Å². The SMILES string of the molecule is C=CC(=O)N1CCN(c2nc(OC[C@@H]3CC(C4CC[C@@]5(Cc6nc(OC[C@@H]7CCCN7C)nc(N7CCN(C(=O)C=C)[C@@H](CC#N)C7)c6NC5=O)c5ccc(F)c(C)c54)CN3C)nc3c2NC(=O)[C@@]2(CCCc4c2ccc(F)c4C)C3)C[C@@H]1CC#N. The monoisotopic (exact) mass is 1170 g/mol. The van der Waals surface area contributed by atoms with Gasteiger partial charge >= 0.3 is 12.0 Å². The zero-order valence-electron chi connectivity index (χ0n) is 49.5. The number of nitriles is 2. The molecular formula is C64H74F2N14O6. The number of hydrogen-bond donors (Lipinski definition) is 2. The number of anilines is 4. The summed E-state index contributed by atoms with van der Waals surface area (Å²) in [7, 11) is 4.13. The predicted octanol–water partition coefficient (Wildman–Crippen LogP) is 6.35. The first kappa shape index (κ1) is 58.3. The second-order valence-corrected chi connectivity index (χ2v) is 24.9. The smallest absolute Gasteiger partial charge is 0.318 e. The van der Waals surface area contributed by atoms with Crippen LogP contribution in [0.3, 0.4) is 0 Å². The Balaban J connectivity index is 0.829. The Morgan fingerprint density at radius 2 is 1.23 bits per heavy atom. The molecule has 0 saturated carbocycles. The summed E-state index contributed by atoms with van der Waals surface area (Å²) >= 11 is 0. The maximum atomic E-state index is 16.2. The van der Waals surface area contributed by atoms with Crippen LogP contribution in [0.2, 0.25) is 0 Å². The fourth-order valence-corrected chi connectivity index (χ4v) is 15.6. The highest BCUT2D eigenvalue weighted by atomic mass is 19.1. The van der Waals surface area contributed by atoms with Crippen molar-refractivity contribution in [2.24, 2.45) is 5.92 Å². The third-order valence-corrected chi connectivity index (χ3v) is 20.4. The number of hydrogen-bond acceptors (Lipinski definition) is 16. The zero-order valence-corrected chi connectivity index (χ0v) is 49.5. The number of likely N-dealkylation sites (tertiary alicyclic amines) is 2. The number of nitrogens with zero attached hydrogens (tertiary/aromatic N) is 12. The van der Waals surface area contributed by atoms with Crippen molar-refractivity contribution in [3.63, 3.8) is 0 Å². The van der Waals surface area contributed by atoms with Gasteiger partial charge in [0.1, 0.15) is 36.2 Å². The standard InChI is InChI=1S/C64H74F2N14O6/c1-7-52(81)79-27-25-77(33-40(79)18-22-67)57-55-50(30-63(59(83)71-55)20-9-12-44-37(3)48(65)15-13-46(44)63)69-62(74-57)86-36-43-29-39(32-76(43)6)45-17-21-64(47-14-16-49(66)38(4)54(45)47)31-51-56(72-60(64)84)58(73-61(70-51)85-35-42-11-10-24-75(42)5)78-26-28-80(53(82)8-2)41(34-78)19-23-68/h7-8,13-16,39-43,45H,1-2,9-12,17-21,24-36H2,3-6H3,(H,71,83)(H,72,84)/t39?,40-,41-,42-,43-,45?,63-,64+/m0/s1. The second kappa shape index (κ2) is 23.3. The van der Waals surface area contributed by atoms with Crippen molar-refractivity contribution in [2.45, 2.75) is 132 Å². The molecule has 2 aromatic carbocycles. The summed E-state index contributed by atoms with van der Waals surface area (Å²) in [5, 5.41) is 26.2. The van der Waals surface area contributed by atoms with E-state index in [0.717, 1.165) is 41.6 Å². The molecule has 0 radical (unpaired) electrons. The van der Waals surface area contributed by atoms with Gasteiger partial charge in [-0.3, -0.25) is 24.1 Å². The molecule has 20 nitrogen and oxygen atoms in total. The number of amides is 4. The third-order valence-electron chi connectivity index (χ3n) is 20.4. The van der Waals surface area contributed by atoms with Crippen LogP contribution in [0, 0.1) is 54.1 Å². The van der Waals surface area contributed by atoms with Crippen LogP contribution < -0.4 is 29.9 Å². The predicted molar refractivity (Wildman–Crippen MR) is 317 cm³/mol. The van der Waals surface area contributed by atoms with Crippen LogP contribution in [0.25, 0.3) is 0 Å². The summed E-state index contributed by atoms with van der Waals surface area (Å²) in [5.41, 5.74) is 4.23. The molecule has 450 valence electrons. The first-order chi connectivity index (χ1) is 41.5. The molecule has 4 saturated heterocycles. The van der Waals surface area contributed by atoms with Gasteiger partial charge < -0.3 is 44.6 Å². The van der Waals surface area contributed by atoms with E-state index >= 15 is 13.6 Å². The average Bonchev–Trinajstić information content (AvgIpc) is 0.920. The van der Waals surface area contributed by atoms with Gasteiger partial charge in [0, 0.05) is 70.7 Å². The summed E-state index contributed by atoms with van der Waals surface area (Å²) in [6.07, 6.45) is 8.75. The van der Waals surface area contributed by atoms with Crippen LogP contribution in [0.5, 0.6) is 12.0 Å². The van der Waals surface area contributed by atoms with E-state index in [4.69, 9.17) is 29.4 Å². The molecule has 4 aromatic rings. The molecule has 6 aliphatic heterocycles. The highest BCUT2D eigenvalue weighted by molar-refractivity contribution is 6.06. The molecule has 2 N–H and O–H groups in total. The Hall–Kier alpha value is -8.08. The molecular weight excluding hydrogens is 1100 g/mol. The van der Waals surface area contributed by atoms with Gasteiger partial charge in [-0.2, -0.15) is 30.5 Å². The molecule has 2 unspecified atom stereocenters. The number of benzene rings is 2. The van der Waals surface area contributed by atoms with Gasteiger partial charge in [-0.05, 0) is 155 Å². The van der Waals surface area contributed by atoms with Crippen molar-refractivity contribution in [3.05, 3.63) is 106 Å². The van der Waals surface area contributed by atoms with Gasteiger partial charge in [-0.25, -0.2) is 8.78 Å². The summed E-state index contributed by atoms with van der Waals surface area (Å²) in [6, 6.07) is 10.3. The number of carbonyl (C=O) groups is 4. The molecule has 8 heterocycles. The molecule has 2 aliphatic carbocycles. The summed E-state index contributed by atoms with van der Waals surface area (Å²) in [4.78, 5) is 87.7. The van der Waals surface area contributed by atoms with Gasteiger partial charge in [0.05, 0.1) is 59.3 Å². The van der Waals surface area contributed by atoms with Crippen LogP contribution in [-0.2, 0) is 49.3 Å². The fourth-order valence-electron chi connectivity index (χ4n) is 15.6. The van der Waals surface area contributed by atoms with Gasteiger partial charge in [0.2, 0.25) is 23.6 Å². The molecule has 86 heavy (non-hydrogen) atoms. The lowest BCUT2D eigenvalue weighted by Crippen LogP contribution is -2.55. The normalized spacial score (nSPS) is 27.1. The Kier molecular flexibility index (Phi) is 15.8. The van der Waals surface area contributed by atoms with Crippen molar-refractivity contribution >= 4 is 46.6 Å². The number of carbonyl (C=O) groups excluding carboxylic acids is 4. The Morgan fingerprint density at radius 1 is 0.686 bits per heavy atom. The van der Waals surface area contributed by atoms with E-state index in [2.05, 4.69) is 52.8 Å². The van der Waals surface area contributed by atoms with E-state index in [9.17, 15) is 24.9 Å². The second-order valence-electron chi connectivity index (χ2n) is 24.9. The minimum Gasteiger partial charge on any atom is -0.462 e. The van der Waals surface area contributed by atoms with E-state index in [1.807, 2.05) is 16.8 Å². The summed E-state index contributed by atoms with van der Waals surface area (Å²) in [5.74, 6) is -0.822. The molecule has 2 spiro atoms. The van der Waals surface area contributed by atoms with Crippen molar-refractivity contribution in [1.29, 1.82) is 10.5 Å². The minimum absolute atomic E-state index is 0.0427. The van der Waals surface area contributed by atoms with Crippen LogP contribution in [0.1, 0.15) is 108 Å². The van der Waals surface area contributed by atoms with Gasteiger partial charge in [-0.15, -0.1) is 0 Å². The van der Waals surface area contributed by atoms with E-state index in [-0.39, 0.29) is 123 Å². The number of aromatic nitrogens is 4. The average molecular weight is 1170 g/mol. The van der Waals surface area contributed by atoms with E-state index in [1.54, 1.807) is 35.8 Å². The Morgan fingerprint density at radius 3 is 1.78 bits per heavy atom. The lowest BCUT2D eigenvalue weighted by Gasteiger charge is -2.46. The molecule has 22 heteroatoms. The summed E-state index contributed by atoms with van der Waals surface area (Å²) in [6.45, 7) is 15.0. The lowest BCUT2D eigenvalue weighted by atomic mass is 9.60. The van der Waals surface area contributed by atoms with Crippen LogP contribution in [0.15, 0.2) is 49.6 Å². The molecule has 12 rings (SSSR count). The maximum Gasteiger partial charge on any atom is 0.318 e. The highest BCUT2D eigenvalue weighted by Crippen LogP contribution is 2.54. The summed E-state index contributed by atoms with van der Waals surface area (Å²) < 4.78 is 44.4.